The van der Waals surface area contributed by atoms with Gasteiger partial charge >= 0.3 is 0 Å². The number of nitrogens with zero attached hydrogens (tertiary/aromatic N) is 3. The third-order valence-electron chi connectivity index (χ3n) is 3.84. The first-order valence-corrected chi connectivity index (χ1v) is 6.46. The Morgan fingerprint density at radius 2 is 2.24 bits per heavy atom. The number of hydrogen-bond donors (Lipinski definition) is 2. The van der Waals surface area contributed by atoms with E-state index in [1.807, 2.05) is 11.6 Å². The second kappa shape index (κ2) is 5.04. The van der Waals surface area contributed by atoms with E-state index in [2.05, 4.69) is 22.6 Å². The summed E-state index contributed by atoms with van der Waals surface area (Å²) in [5, 5.41) is 21.0. The van der Waals surface area contributed by atoms with Crippen LogP contribution in [0.5, 0.6) is 0 Å². The van der Waals surface area contributed by atoms with Crippen LogP contribution in [0.3, 0.4) is 0 Å². The van der Waals surface area contributed by atoms with Gasteiger partial charge in [0.1, 0.15) is 5.82 Å². The Hall–Kier alpha value is -1.10. The molecule has 0 unspecified atom stereocenters. The van der Waals surface area contributed by atoms with Crippen molar-refractivity contribution in [3.05, 3.63) is 6.20 Å². The zero-order valence-corrected chi connectivity index (χ0v) is 10.7. The molecule has 1 aromatic rings. The molecule has 1 heterocycles. The molecule has 1 fully saturated rings. The smallest absolute Gasteiger partial charge is 0.145 e. The second-order valence-corrected chi connectivity index (χ2v) is 5.18. The van der Waals surface area contributed by atoms with Gasteiger partial charge in [0.15, 0.2) is 0 Å². The number of nitrogens with one attached hydrogen (secondary N) is 1. The van der Waals surface area contributed by atoms with E-state index in [1.54, 1.807) is 6.20 Å². The Kier molecular flexibility index (Phi) is 3.66. The van der Waals surface area contributed by atoms with Gasteiger partial charge in [-0.15, -0.1) is 5.10 Å². The fraction of sp³-hybridized carbons (Fsp3) is 0.833. The Morgan fingerprint density at radius 3 is 2.82 bits per heavy atom. The predicted octanol–water partition coefficient (Wildman–Crippen LogP) is 1.65. The van der Waals surface area contributed by atoms with E-state index >= 15 is 0 Å². The molecule has 0 spiro atoms. The highest BCUT2D eigenvalue weighted by Crippen LogP contribution is 2.34. The van der Waals surface area contributed by atoms with Gasteiger partial charge in [-0.1, -0.05) is 12.1 Å². The van der Waals surface area contributed by atoms with Gasteiger partial charge in [-0.05, 0) is 38.5 Å². The van der Waals surface area contributed by atoms with E-state index in [9.17, 15) is 5.11 Å². The molecule has 5 heteroatoms. The van der Waals surface area contributed by atoms with Crippen molar-refractivity contribution >= 4 is 5.82 Å². The summed E-state index contributed by atoms with van der Waals surface area (Å²) in [5.74, 6) is 1.68. The zero-order valence-electron chi connectivity index (χ0n) is 10.7. The maximum Gasteiger partial charge on any atom is 0.145 e. The van der Waals surface area contributed by atoms with Crippen LogP contribution in [0.1, 0.15) is 39.5 Å². The molecule has 17 heavy (non-hydrogen) atoms. The Balaban J connectivity index is 2.09. The summed E-state index contributed by atoms with van der Waals surface area (Å²) in [6, 6.07) is 0. The predicted molar refractivity (Wildman–Crippen MR) is 66.8 cm³/mol. The molecule has 0 radical (unpaired) electrons. The van der Waals surface area contributed by atoms with Crippen LogP contribution in [0.15, 0.2) is 6.20 Å². The summed E-state index contributed by atoms with van der Waals surface area (Å²) in [6.45, 7) is 5.28. The standard InChI is InChI=1S/C12H22N4O/c1-3-16-11(8-13-15-16)14-12(9-17)6-4-10(2)5-7-12/h8,10,14,17H,3-7,9H2,1-2H3. The molecule has 0 saturated heterocycles. The summed E-state index contributed by atoms with van der Waals surface area (Å²) in [4.78, 5) is 0. The van der Waals surface area contributed by atoms with Crippen LogP contribution in [0.25, 0.3) is 0 Å². The molecule has 1 saturated carbocycles. The van der Waals surface area contributed by atoms with E-state index in [0.717, 1.165) is 31.1 Å². The lowest BCUT2D eigenvalue weighted by Crippen LogP contribution is -2.45. The van der Waals surface area contributed by atoms with Crippen LogP contribution in [-0.2, 0) is 6.54 Å². The first-order valence-electron chi connectivity index (χ1n) is 6.46. The van der Waals surface area contributed by atoms with Crippen molar-refractivity contribution in [2.45, 2.75) is 51.6 Å². The minimum absolute atomic E-state index is 0.175. The SMILES string of the molecule is CCn1nncc1NC1(CO)CCC(C)CC1. The van der Waals surface area contributed by atoms with E-state index in [-0.39, 0.29) is 12.1 Å². The van der Waals surface area contributed by atoms with Gasteiger partial charge in [0.05, 0.1) is 18.3 Å². The first-order chi connectivity index (χ1) is 8.19. The molecule has 1 aromatic heterocycles. The van der Waals surface area contributed by atoms with Crippen LogP contribution in [0.4, 0.5) is 5.82 Å². The molecule has 96 valence electrons. The van der Waals surface area contributed by atoms with Gasteiger partial charge in [0.2, 0.25) is 0 Å². The summed E-state index contributed by atoms with van der Waals surface area (Å²) in [7, 11) is 0. The van der Waals surface area contributed by atoms with Gasteiger partial charge in [0, 0.05) is 6.54 Å². The molecule has 1 aliphatic rings. The number of aliphatic hydroxyl groups excluding tert-OH is 1. The Bertz CT molecular complexity index is 355. The summed E-state index contributed by atoms with van der Waals surface area (Å²) >= 11 is 0. The van der Waals surface area contributed by atoms with Crippen molar-refractivity contribution in [1.82, 2.24) is 15.0 Å². The topological polar surface area (TPSA) is 63.0 Å². The average molecular weight is 238 g/mol. The molecule has 5 nitrogen and oxygen atoms in total. The van der Waals surface area contributed by atoms with E-state index in [1.165, 1.54) is 12.8 Å². The summed E-state index contributed by atoms with van der Waals surface area (Å²) in [6.07, 6.45) is 6.10. The highest BCUT2D eigenvalue weighted by atomic mass is 16.3. The van der Waals surface area contributed by atoms with Crippen LogP contribution in [0, 0.1) is 5.92 Å². The van der Waals surface area contributed by atoms with Crippen LogP contribution in [0.2, 0.25) is 0 Å². The number of rotatable bonds is 4. The fourth-order valence-corrected chi connectivity index (χ4v) is 2.50. The van der Waals surface area contributed by atoms with Crippen molar-refractivity contribution in [1.29, 1.82) is 0 Å². The minimum Gasteiger partial charge on any atom is -0.394 e. The monoisotopic (exact) mass is 238 g/mol. The van der Waals surface area contributed by atoms with Gasteiger partial charge in [-0.3, -0.25) is 0 Å². The lowest BCUT2D eigenvalue weighted by atomic mass is 9.77. The maximum absolute atomic E-state index is 9.68. The lowest BCUT2D eigenvalue weighted by molar-refractivity contribution is 0.154. The van der Waals surface area contributed by atoms with Crippen LogP contribution >= 0.6 is 0 Å². The van der Waals surface area contributed by atoms with Crippen molar-refractivity contribution in [2.75, 3.05) is 11.9 Å². The van der Waals surface area contributed by atoms with Gasteiger partial charge in [-0.2, -0.15) is 0 Å². The molecule has 2 N–H and O–H groups in total. The number of hydrogen-bond acceptors (Lipinski definition) is 4. The number of aromatic nitrogens is 3. The summed E-state index contributed by atoms with van der Waals surface area (Å²) in [5.41, 5.74) is -0.179. The van der Waals surface area contributed by atoms with Crippen LogP contribution in [-0.4, -0.2) is 32.2 Å². The lowest BCUT2D eigenvalue weighted by Gasteiger charge is -2.39. The molecule has 0 amide bonds. The highest BCUT2D eigenvalue weighted by Gasteiger charge is 2.34. The molecule has 0 bridgehead atoms. The number of anilines is 1. The quantitative estimate of drug-likeness (QED) is 0.837. The van der Waals surface area contributed by atoms with Crippen molar-refractivity contribution in [3.63, 3.8) is 0 Å². The number of aliphatic hydroxyl groups is 1. The highest BCUT2D eigenvalue weighted by molar-refractivity contribution is 5.35. The largest absolute Gasteiger partial charge is 0.394 e. The number of aryl methyl sites for hydroxylation is 1. The third-order valence-corrected chi connectivity index (χ3v) is 3.84. The van der Waals surface area contributed by atoms with Crippen molar-refractivity contribution in [2.24, 2.45) is 5.92 Å². The minimum atomic E-state index is -0.179. The van der Waals surface area contributed by atoms with Crippen LogP contribution < -0.4 is 5.32 Å². The zero-order chi connectivity index (χ0) is 12.3. The van der Waals surface area contributed by atoms with E-state index in [0.29, 0.717) is 0 Å². The van der Waals surface area contributed by atoms with Gasteiger partial charge in [-0.25, -0.2) is 4.68 Å². The average Bonchev–Trinajstić information content (AvgIpc) is 2.79. The van der Waals surface area contributed by atoms with E-state index in [4.69, 9.17) is 0 Å². The third kappa shape index (κ3) is 2.60. The molecule has 0 atom stereocenters. The molecular weight excluding hydrogens is 216 g/mol. The van der Waals surface area contributed by atoms with E-state index < -0.39 is 0 Å². The van der Waals surface area contributed by atoms with Crippen molar-refractivity contribution in [3.8, 4) is 0 Å². The molecule has 0 aliphatic heterocycles. The molecule has 1 aliphatic carbocycles. The Morgan fingerprint density at radius 1 is 1.53 bits per heavy atom. The summed E-state index contributed by atoms with van der Waals surface area (Å²) < 4.78 is 1.83. The molecule has 2 rings (SSSR count). The van der Waals surface area contributed by atoms with Gasteiger partial charge in [0.25, 0.3) is 0 Å². The first kappa shape index (κ1) is 12.4. The normalized spacial score (nSPS) is 29.2. The fourth-order valence-electron chi connectivity index (χ4n) is 2.50. The Labute approximate surface area is 102 Å². The van der Waals surface area contributed by atoms with Gasteiger partial charge < -0.3 is 10.4 Å². The van der Waals surface area contributed by atoms with Crippen molar-refractivity contribution < 1.29 is 5.11 Å². The second-order valence-electron chi connectivity index (χ2n) is 5.18. The molecular formula is C12H22N4O. The maximum atomic E-state index is 9.68. The molecule has 0 aromatic carbocycles.